The van der Waals surface area contributed by atoms with Gasteiger partial charge in [-0.3, -0.25) is 0 Å². The van der Waals surface area contributed by atoms with Crippen molar-refractivity contribution in [2.24, 2.45) is 34.5 Å². The van der Waals surface area contributed by atoms with Crippen LogP contribution in [0, 0.1) is 34.5 Å². The van der Waals surface area contributed by atoms with Crippen LogP contribution in [0.2, 0.25) is 0 Å². The lowest BCUT2D eigenvalue weighted by Gasteiger charge is -2.63. The van der Waals surface area contributed by atoms with Crippen molar-refractivity contribution in [1.82, 2.24) is 0 Å². The molecule has 0 unspecified atom stereocenters. The van der Waals surface area contributed by atoms with Gasteiger partial charge in [0.15, 0.2) is 0 Å². The second-order valence-electron chi connectivity index (χ2n) is 10.9. The SMILES string of the molecule is C[C@]12CC[C@@H](O)C[C@@H]1CC[C@@H]1[C@@H]2CC[C@]2(C)[C@@H](C3=CC(=O)OC3)[C@@H](O)C[C@@]12O. The lowest BCUT2D eigenvalue weighted by molar-refractivity contribution is -0.208. The van der Waals surface area contributed by atoms with Crippen LogP contribution in [0.3, 0.4) is 0 Å². The molecule has 0 aromatic carbocycles. The minimum absolute atomic E-state index is 0.170. The Morgan fingerprint density at radius 2 is 1.86 bits per heavy atom. The van der Waals surface area contributed by atoms with Crippen LogP contribution in [-0.4, -0.2) is 45.7 Å². The zero-order chi connectivity index (χ0) is 19.9. The number of cyclic esters (lactones) is 1. The van der Waals surface area contributed by atoms with E-state index in [0.29, 0.717) is 18.3 Å². The first-order valence-corrected chi connectivity index (χ1v) is 11.1. The second kappa shape index (κ2) is 6.05. The lowest BCUT2D eigenvalue weighted by Crippen LogP contribution is -2.62. The van der Waals surface area contributed by atoms with Crippen molar-refractivity contribution in [3.8, 4) is 0 Å². The summed E-state index contributed by atoms with van der Waals surface area (Å²) in [6, 6.07) is 0. The van der Waals surface area contributed by atoms with Crippen molar-refractivity contribution in [1.29, 1.82) is 0 Å². The first-order valence-electron chi connectivity index (χ1n) is 11.1. The molecule has 5 aliphatic rings. The van der Waals surface area contributed by atoms with E-state index < -0.39 is 17.1 Å². The number of esters is 1. The van der Waals surface area contributed by atoms with E-state index in [4.69, 9.17) is 4.74 Å². The fourth-order valence-corrected chi connectivity index (χ4v) is 8.47. The van der Waals surface area contributed by atoms with Crippen molar-refractivity contribution in [2.75, 3.05) is 6.61 Å². The molecule has 156 valence electrons. The van der Waals surface area contributed by atoms with Gasteiger partial charge >= 0.3 is 5.97 Å². The third kappa shape index (κ3) is 2.33. The number of carbonyl (C=O) groups is 1. The molecule has 9 atom stereocenters. The molecular formula is C23H34O5. The number of rotatable bonds is 1. The average molecular weight is 391 g/mol. The Kier molecular flexibility index (Phi) is 4.12. The molecule has 0 radical (unpaired) electrons. The molecule has 1 aliphatic heterocycles. The topological polar surface area (TPSA) is 87.0 Å². The van der Waals surface area contributed by atoms with E-state index in [9.17, 15) is 20.1 Å². The standard InChI is InChI=1S/C23H34O5/c1-21-7-5-15(24)10-14(21)3-4-17-16(21)6-8-22(2)20(13-9-19(26)28-12-13)18(25)11-23(17,22)27/h9,14-18,20,24-25,27H,3-8,10-12H2,1-2H3/t14-,15+,16-,17+,18-,20-,21-,22+,23+/m0/s1. The first kappa shape index (κ1) is 19.1. The molecular weight excluding hydrogens is 356 g/mol. The van der Waals surface area contributed by atoms with Crippen LogP contribution in [-0.2, 0) is 9.53 Å². The van der Waals surface area contributed by atoms with Crippen molar-refractivity contribution >= 4 is 5.97 Å². The van der Waals surface area contributed by atoms with Crippen LogP contribution < -0.4 is 0 Å². The molecule has 4 saturated carbocycles. The van der Waals surface area contributed by atoms with Crippen molar-refractivity contribution in [3.05, 3.63) is 11.6 Å². The van der Waals surface area contributed by atoms with E-state index in [1.54, 1.807) is 0 Å². The molecule has 5 rings (SSSR count). The molecule has 0 spiro atoms. The third-order valence-electron chi connectivity index (χ3n) is 9.92. The van der Waals surface area contributed by atoms with Gasteiger partial charge in [-0.1, -0.05) is 13.8 Å². The molecule has 4 aliphatic carbocycles. The van der Waals surface area contributed by atoms with Gasteiger partial charge in [-0.2, -0.15) is 0 Å². The molecule has 0 bridgehead atoms. The predicted octanol–water partition coefficient (Wildman–Crippen LogP) is 2.58. The maximum atomic E-state index is 12.1. The molecule has 5 heteroatoms. The maximum Gasteiger partial charge on any atom is 0.331 e. The molecule has 0 saturated heterocycles. The highest BCUT2D eigenvalue weighted by molar-refractivity contribution is 5.85. The molecule has 28 heavy (non-hydrogen) atoms. The van der Waals surface area contributed by atoms with E-state index in [1.165, 1.54) is 6.08 Å². The summed E-state index contributed by atoms with van der Waals surface area (Å²) in [6.07, 6.45) is 7.87. The van der Waals surface area contributed by atoms with E-state index >= 15 is 0 Å². The van der Waals surface area contributed by atoms with Crippen LogP contribution in [0.5, 0.6) is 0 Å². The van der Waals surface area contributed by atoms with E-state index in [2.05, 4.69) is 13.8 Å². The summed E-state index contributed by atoms with van der Waals surface area (Å²) in [7, 11) is 0. The zero-order valence-electron chi connectivity index (χ0n) is 17.1. The number of aliphatic hydroxyl groups is 3. The predicted molar refractivity (Wildman–Crippen MR) is 103 cm³/mol. The Hall–Kier alpha value is -0.910. The van der Waals surface area contributed by atoms with Gasteiger partial charge in [-0.15, -0.1) is 0 Å². The van der Waals surface area contributed by atoms with E-state index in [-0.39, 0.29) is 35.9 Å². The molecule has 0 aromatic rings. The molecule has 0 amide bonds. The lowest BCUT2D eigenvalue weighted by atomic mass is 9.43. The van der Waals surface area contributed by atoms with Crippen molar-refractivity contribution in [3.63, 3.8) is 0 Å². The van der Waals surface area contributed by atoms with Crippen molar-refractivity contribution in [2.45, 2.75) is 83.0 Å². The fourth-order valence-electron chi connectivity index (χ4n) is 8.47. The van der Waals surface area contributed by atoms with Gasteiger partial charge in [-0.25, -0.2) is 4.79 Å². The van der Waals surface area contributed by atoms with E-state index in [1.807, 2.05) is 0 Å². The largest absolute Gasteiger partial charge is 0.458 e. The molecule has 1 heterocycles. The second-order valence-corrected chi connectivity index (χ2v) is 10.9. The average Bonchev–Trinajstić information content (AvgIpc) is 3.13. The number of carbonyl (C=O) groups excluding carboxylic acids is 1. The highest BCUT2D eigenvalue weighted by atomic mass is 16.5. The van der Waals surface area contributed by atoms with Gasteiger partial charge in [-0.05, 0) is 73.7 Å². The van der Waals surface area contributed by atoms with Crippen LogP contribution in [0.25, 0.3) is 0 Å². The third-order valence-corrected chi connectivity index (χ3v) is 9.92. The summed E-state index contributed by atoms with van der Waals surface area (Å²) in [6.45, 7) is 4.77. The van der Waals surface area contributed by atoms with E-state index in [0.717, 1.165) is 50.5 Å². The quantitative estimate of drug-likeness (QED) is 0.599. The van der Waals surface area contributed by atoms with Gasteiger partial charge < -0.3 is 20.1 Å². The summed E-state index contributed by atoms with van der Waals surface area (Å²) in [4.78, 5) is 11.7. The Morgan fingerprint density at radius 1 is 1.07 bits per heavy atom. The highest BCUT2D eigenvalue weighted by Gasteiger charge is 2.70. The van der Waals surface area contributed by atoms with Crippen LogP contribution in [0.15, 0.2) is 11.6 Å². The van der Waals surface area contributed by atoms with Gasteiger partial charge in [0.25, 0.3) is 0 Å². The summed E-state index contributed by atoms with van der Waals surface area (Å²) < 4.78 is 5.14. The summed E-state index contributed by atoms with van der Waals surface area (Å²) in [5.74, 6) is 0.627. The molecule has 5 nitrogen and oxygen atoms in total. The Balaban J connectivity index is 1.50. The maximum absolute atomic E-state index is 12.1. The zero-order valence-corrected chi connectivity index (χ0v) is 17.1. The van der Waals surface area contributed by atoms with Crippen LogP contribution in [0.4, 0.5) is 0 Å². The Bertz CT molecular complexity index is 718. The minimum Gasteiger partial charge on any atom is -0.458 e. The van der Waals surface area contributed by atoms with Gasteiger partial charge in [0.1, 0.15) is 6.61 Å². The highest BCUT2D eigenvalue weighted by Crippen LogP contribution is 2.69. The van der Waals surface area contributed by atoms with Gasteiger partial charge in [0.05, 0.1) is 17.8 Å². The number of hydrogen-bond acceptors (Lipinski definition) is 5. The monoisotopic (exact) mass is 390 g/mol. The number of hydrogen-bond donors (Lipinski definition) is 3. The molecule has 0 aromatic heterocycles. The van der Waals surface area contributed by atoms with Gasteiger partial charge in [0, 0.05) is 23.8 Å². The summed E-state index contributed by atoms with van der Waals surface area (Å²) in [5, 5.41) is 33.3. The molecule has 4 fully saturated rings. The summed E-state index contributed by atoms with van der Waals surface area (Å²) >= 11 is 0. The molecule has 3 N–H and O–H groups in total. The smallest absolute Gasteiger partial charge is 0.331 e. The van der Waals surface area contributed by atoms with Crippen molar-refractivity contribution < 1.29 is 24.9 Å². The van der Waals surface area contributed by atoms with Crippen LogP contribution in [0.1, 0.15) is 65.2 Å². The number of aliphatic hydroxyl groups excluding tert-OH is 2. The number of ether oxygens (including phenoxy) is 1. The summed E-state index contributed by atoms with van der Waals surface area (Å²) in [5.41, 5.74) is -0.301. The first-order chi connectivity index (χ1) is 13.2. The Morgan fingerprint density at radius 3 is 2.57 bits per heavy atom. The normalized spacial score (nSPS) is 55.8. The fraction of sp³-hybridized carbons (Fsp3) is 0.870. The number of fused-ring (bicyclic) bond motifs is 5. The van der Waals surface area contributed by atoms with Crippen LogP contribution >= 0.6 is 0 Å². The Labute approximate surface area is 167 Å². The van der Waals surface area contributed by atoms with Gasteiger partial charge in [0.2, 0.25) is 0 Å². The minimum atomic E-state index is -0.906.